The number of hydrogen-bond donors (Lipinski definition) is 4. The number of carbonyl (C=O) groups is 3. The van der Waals surface area contributed by atoms with Crippen molar-refractivity contribution in [2.24, 2.45) is 0 Å². The van der Waals surface area contributed by atoms with Gasteiger partial charge in [-0.2, -0.15) is 13.2 Å². The van der Waals surface area contributed by atoms with Crippen molar-refractivity contribution >= 4 is 61.6 Å². The first-order valence-corrected chi connectivity index (χ1v) is 14.9. The van der Waals surface area contributed by atoms with Crippen LogP contribution < -0.4 is 25.6 Å². The van der Waals surface area contributed by atoms with E-state index in [0.29, 0.717) is 27.7 Å². The normalized spacial score (nSPS) is 15.3. The number of piperidine rings is 1. The Balaban J connectivity index is 0.000000541. The van der Waals surface area contributed by atoms with Crippen LogP contribution in [0.1, 0.15) is 46.4 Å². The smallest absolute Gasteiger partial charge is 0.489 e. The lowest BCUT2D eigenvalue weighted by Gasteiger charge is -2.26. The van der Waals surface area contributed by atoms with Crippen molar-refractivity contribution in [2.45, 2.75) is 38.0 Å². The molecule has 2 aromatic heterocycles. The van der Waals surface area contributed by atoms with Crippen LogP contribution in [0.4, 0.5) is 29.7 Å². The number of pyridine rings is 1. The molecule has 4 N–H and O–H groups in total. The summed E-state index contributed by atoms with van der Waals surface area (Å²) in [6, 6.07) is 7.31. The lowest BCUT2D eigenvalue weighted by molar-refractivity contribution is -0.192. The summed E-state index contributed by atoms with van der Waals surface area (Å²) in [5, 5.41) is 16.6. The van der Waals surface area contributed by atoms with Gasteiger partial charge < -0.3 is 25.4 Å². The molecular weight excluding hydrogens is 657 g/mol. The van der Waals surface area contributed by atoms with E-state index in [2.05, 4.69) is 46.7 Å². The predicted octanol–water partition coefficient (Wildman–Crippen LogP) is 5.17. The van der Waals surface area contributed by atoms with Crippen LogP contribution in [0.5, 0.6) is 5.75 Å². The highest BCUT2D eigenvalue weighted by atomic mass is 79.9. The average molecular weight is 686 g/mol. The molecule has 0 unspecified atom stereocenters. The van der Waals surface area contributed by atoms with Crippen molar-refractivity contribution < 1.29 is 37.4 Å². The number of nitrogens with zero attached hydrogens (tertiary/aromatic N) is 3. The van der Waals surface area contributed by atoms with Gasteiger partial charge in [-0.05, 0) is 72.9 Å². The molecule has 0 atom stereocenters. The van der Waals surface area contributed by atoms with Crippen molar-refractivity contribution in [1.29, 1.82) is 0 Å². The molecule has 230 valence electrons. The van der Waals surface area contributed by atoms with Crippen LogP contribution in [-0.4, -0.2) is 71.3 Å². The number of aliphatic carboxylic acids is 1. The Morgan fingerprint density at radius 3 is 2.35 bits per heavy atom. The van der Waals surface area contributed by atoms with E-state index in [1.54, 1.807) is 12.3 Å². The summed E-state index contributed by atoms with van der Waals surface area (Å²) in [5.74, 6) is -2.94. The van der Waals surface area contributed by atoms with Gasteiger partial charge in [0.15, 0.2) is 5.13 Å². The second-order valence-corrected chi connectivity index (χ2v) is 12.0. The molecule has 2 aliphatic heterocycles. The summed E-state index contributed by atoms with van der Waals surface area (Å²) in [4.78, 5) is 45.8. The highest BCUT2D eigenvalue weighted by molar-refractivity contribution is 9.11. The van der Waals surface area contributed by atoms with E-state index in [9.17, 15) is 22.8 Å². The van der Waals surface area contributed by atoms with Gasteiger partial charge in [-0.15, -0.1) is 0 Å². The lowest BCUT2D eigenvalue weighted by Crippen LogP contribution is -2.34. The topological polar surface area (TPSA) is 146 Å². The van der Waals surface area contributed by atoms with E-state index >= 15 is 0 Å². The molecule has 0 spiro atoms. The highest BCUT2D eigenvalue weighted by Gasteiger charge is 2.38. The molecule has 5 rings (SSSR count). The molecule has 3 aromatic rings. The summed E-state index contributed by atoms with van der Waals surface area (Å²) in [5.41, 5.74) is 2.09. The van der Waals surface area contributed by atoms with Crippen LogP contribution in [0.2, 0.25) is 0 Å². The van der Waals surface area contributed by atoms with Crippen molar-refractivity contribution in [1.82, 2.24) is 15.3 Å². The predicted molar refractivity (Wildman–Crippen MR) is 158 cm³/mol. The van der Waals surface area contributed by atoms with E-state index in [4.69, 9.17) is 14.6 Å². The zero-order valence-corrected chi connectivity index (χ0v) is 25.0. The third-order valence-corrected chi connectivity index (χ3v) is 7.91. The van der Waals surface area contributed by atoms with Crippen LogP contribution in [0, 0.1) is 0 Å². The summed E-state index contributed by atoms with van der Waals surface area (Å²) in [6.45, 7) is 3.79. The Hall–Kier alpha value is -3.76. The number of carboxylic acid groups (broad SMARTS) is 1. The molecule has 1 aromatic carbocycles. The fourth-order valence-corrected chi connectivity index (χ4v) is 5.52. The zero-order chi connectivity index (χ0) is 31.0. The van der Waals surface area contributed by atoms with Gasteiger partial charge in [-0.25, -0.2) is 9.78 Å². The SMILES string of the molecule is O=C(Nc1ncc(Br)s1)c1ccncc1NC(=O)c1ccc(N2CCCC2)cc1OC1CCNCC1.O=C(O)C(F)(F)F. The van der Waals surface area contributed by atoms with Crippen molar-refractivity contribution in [3.63, 3.8) is 0 Å². The Bertz CT molecular complexity index is 1440. The summed E-state index contributed by atoms with van der Waals surface area (Å²) >= 11 is 4.64. The van der Waals surface area contributed by atoms with Crippen molar-refractivity contribution in [3.05, 3.63) is 57.8 Å². The Morgan fingerprint density at radius 2 is 1.72 bits per heavy atom. The van der Waals surface area contributed by atoms with Crippen LogP contribution >= 0.6 is 27.3 Å². The monoisotopic (exact) mass is 684 g/mol. The molecule has 4 heterocycles. The molecule has 16 heteroatoms. The molecular formula is C27H28BrF3N6O5S. The van der Waals surface area contributed by atoms with Gasteiger partial charge in [-0.1, -0.05) is 11.3 Å². The number of rotatable bonds is 7. The first-order valence-electron chi connectivity index (χ1n) is 13.3. The number of hydrogen-bond acceptors (Lipinski definition) is 9. The van der Waals surface area contributed by atoms with Crippen LogP contribution in [-0.2, 0) is 4.79 Å². The minimum Gasteiger partial charge on any atom is -0.489 e. The number of alkyl halides is 3. The van der Waals surface area contributed by atoms with E-state index in [-0.39, 0.29) is 17.9 Å². The number of carboxylic acids is 1. The summed E-state index contributed by atoms with van der Waals surface area (Å²) in [7, 11) is 0. The van der Waals surface area contributed by atoms with Crippen molar-refractivity contribution in [2.75, 3.05) is 41.7 Å². The number of anilines is 3. The number of amides is 2. The quantitative estimate of drug-likeness (QED) is 0.265. The molecule has 0 aliphatic carbocycles. The number of halogens is 4. The Kier molecular flexibility index (Phi) is 10.9. The number of carbonyl (C=O) groups excluding carboxylic acids is 2. The average Bonchev–Trinajstić information content (AvgIpc) is 3.66. The first-order chi connectivity index (χ1) is 20.5. The van der Waals surface area contributed by atoms with Gasteiger partial charge in [-0.3, -0.25) is 19.9 Å². The summed E-state index contributed by atoms with van der Waals surface area (Å²) in [6.07, 6.45) is 3.65. The third kappa shape index (κ3) is 9.11. The maximum Gasteiger partial charge on any atom is 0.490 e. The van der Waals surface area contributed by atoms with E-state index in [1.807, 2.05) is 18.2 Å². The van der Waals surface area contributed by atoms with Gasteiger partial charge in [0.1, 0.15) is 11.9 Å². The number of benzene rings is 1. The van der Waals surface area contributed by atoms with E-state index in [0.717, 1.165) is 61.3 Å². The molecule has 0 radical (unpaired) electrons. The van der Waals surface area contributed by atoms with Gasteiger partial charge >= 0.3 is 12.1 Å². The molecule has 2 saturated heterocycles. The summed E-state index contributed by atoms with van der Waals surface area (Å²) < 4.78 is 38.9. The molecule has 11 nitrogen and oxygen atoms in total. The number of aromatic nitrogens is 2. The largest absolute Gasteiger partial charge is 0.490 e. The van der Waals surface area contributed by atoms with Crippen LogP contribution in [0.15, 0.2) is 46.6 Å². The fraction of sp³-hybridized carbons (Fsp3) is 0.370. The highest BCUT2D eigenvalue weighted by Crippen LogP contribution is 2.31. The van der Waals surface area contributed by atoms with E-state index < -0.39 is 12.1 Å². The second kappa shape index (κ2) is 14.6. The van der Waals surface area contributed by atoms with E-state index in [1.165, 1.54) is 23.7 Å². The number of nitrogens with one attached hydrogen (secondary N) is 3. The zero-order valence-electron chi connectivity index (χ0n) is 22.6. The molecule has 2 amide bonds. The Labute approximate surface area is 257 Å². The third-order valence-electron chi connectivity index (χ3n) is 6.52. The van der Waals surface area contributed by atoms with Gasteiger partial charge in [0.25, 0.3) is 11.8 Å². The van der Waals surface area contributed by atoms with Crippen LogP contribution in [0.3, 0.4) is 0 Å². The molecule has 43 heavy (non-hydrogen) atoms. The van der Waals surface area contributed by atoms with Crippen LogP contribution in [0.25, 0.3) is 0 Å². The fourth-order valence-electron chi connectivity index (χ4n) is 4.42. The number of ether oxygens (including phenoxy) is 1. The molecule has 2 fully saturated rings. The first kappa shape index (κ1) is 32.2. The standard InChI is InChI=1S/C25H27BrN6O3S.C2HF3O2/c26-22-15-29-25(36-22)31-23(33)18-7-10-28-14-20(18)30-24(34)19-4-3-16(32-11-1-2-12-32)13-21(19)35-17-5-8-27-9-6-17;3-2(4,5)1(6)7/h3-4,7,10,13-15,17,27H,1-2,5-6,8-9,11-12H2,(H,30,34)(H,29,31,33);(H,6,7). The maximum absolute atomic E-state index is 13.5. The van der Waals surface area contributed by atoms with Gasteiger partial charge in [0, 0.05) is 31.0 Å². The Morgan fingerprint density at radius 1 is 1.05 bits per heavy atom. The minimum atomic E-state index is -5.08. The van der Waals surface area contributed by atoms with Gasteiger partial charge in [0.2, 0.25) is 0 Å². The molecule has 0 saturated carbocycles. The van der Waals surface area contributed by atoms with Crippen molar-refractivity contribution in [3.8, 4) is 5.75 Å². The maximum atomic E-state index is 13.5. The molecule has 2 aliphatic rings. The van der Waals surface area contributed by atoms with Gasteiger partial charge in [0.05, 0.1) is 33.0 Å². The number of thiazole rings is 1. The minimum absolute atomic E-state index is 0.0454. The lowest BCUT2D eigenvalue weighted by atomic mass is 10.1. The molecule has 0 bridgehead atoms. The second-order valence-electron chi connectivity index (χ2n) is 9.54.